The summed E-state index contributed by atoms with van der Waals surface area (Å²) >= 11 is 0. The van der Waals surface area contributed by atoms with Gasteiger partial charge < -0.3 is 8.83 Å². The molecule has 4 rings (SSSR count). The Morgan fingerprint density at radius 3 is 2.28 bits per heavy atom. The molecule has 0 radical (unpaired) electrons. The van der Waals surface area contributed by atoms with Crippen LogP contribution in [0.5, 0.6) is 0 Å². The van der Waals surface area contributed by atoms with Crippen molar-refractivity contribution < 1.29 is 30.5 Å². The van der Waals surface area contributed by atoms with Gasteiger partial charge in [-0.2, -0.15) is 4.31 Å². The van der Waals surface area contributed by atoms with E-state index in [9.17, 15) is 21.6 Å². The van der Waals surface area contributed by atoms with Gasteiger partial charge in [0, 0.05) is 25.3 Å². The van der Waals surface area contributed by atoms with Crippen LogP contribution in [0.4, 0.5) is 6.01 Å². The number of carbonyl (C=O) groups is 1. The number of sulfone groups is 1. The molecule has 13 heteroatoms. The van der Waals surface area contributed by atoms with Crippen LogP contribution >= 0.6 is 0 Å². The van der Waals surface area contributed by atoms with Crippen LogP contribution in [0.25, 0.3) is 11.7 Å². The zero-order valence-electron chi connectivity index (χ0n) is 17.0. The quantitative estimate of drug-likeness (QED) is 0.556. The lowest BCUT2D eigenvalue weighted by Crippen LogP contribution is -2.41. The standard InChI is InChI=1S/C19H20N4O7S2/c1-31(25,26)14-4-6-15(7-5-14)32(27,28)23-10-8-13(9-11-23)17(24)20-19-22-21-18(30-19)16-3-2-12-29-16/h2-7,12-13H,8-11H2,1H3,(H,20,22,24). The third kappa shape index (κ3) is 4.59. The van der Waals surface area contributed by atoms with Gasteiger partial charge in [0.15, 0.2) is 15.6 Å². The highest BCUT2D eigenvalue weighted by Gasteiger charge is 2.32. The molecule has 0 saturated carbocycles. The molecule has 1 amide bonds. The minimum Gasteiger partial charge on any atom is -0.459 e. The van der Waals surface area contributed by atoms with E-state index in [1.54, 1.807) is 12.1 Å². The van der Waals surface area contributed by atoms with E-state index >= 15 is 0 Å². The molecular weight excluding hydrogens is 460 g/mol. The van der Waals surface area contributed by atoms with Crippen LogP contribution in [-0.4, -0.2) is 56.6 Å². The molecule has 1 aromatic carbocycles. The predicted molar refractivity (Wildman–Crippen MR) is 112 cm³/mol. The van der Waals surface area contributed by atoms with E-state index in [2.05, 4.69) is 15.5 Å². The maximum Gasteiger partial charge on any atom is 0.322 e. The summed E-state index contributed by atoms with van der Waals surface area (Å²) in [5.74, 6) is -0.253. The molecule has 0 atom stereocenters. The molecule has 0 spiro atoms. The van der Waals surface area contributed by atoms with Crippen LogP contribution in [0, 0.1) is 5.92 Å². The van der Waals surface area contributed by atoms with Crippen molar-refractivity contribution >= 4 is 31.8 Å². The van der Waals surface area contributed by atoms with Gasteiger partial charge in [0.2, 0.25) is 15.9 Å². The third-order valence-electron chi connectivity index (χ3n) is 5.10. The Morgan fingerprint density at radius 2 is 1.69 bits per heavy atom. The molecule has 1 aliphatic heterocycles. The Balaban J connectivity index is 1.36. The molecule has 1 fully saturated rings. The number of hydrogen-bond acceptors (Lipinski definition) is 9. The van der Waals surface area contributed by atoms with Crippen molar-refractivity contribution in [3.05, 3.63) is 42.7 Å². The molecule has 170 valence electrons. The number of furan rings is 1. The molecule has 0 unspecified atom stereocenters. The van der Waals surface area contributed by atoms with Crippen LogP contribution in [0.1, 0.15) is 12.8 Å². The summed E-state index contributed by atoms with van der Waals surface area (Å²) < 4.78 is 60.7. The molecule has 11 nitrogen and oxygen atoms in total. The van der Waals surface area contributed by atoms with E-state index in [1.165, 1.54) is 34.8 Å². The number of benzene rings is 1. The monoisotopic (exact) mass is 480 g/mol. The normalized spacial score (nSPS) is 16.2. The average Bonchev–Trinajstić information content (AvgIpc) is 3.45. The summed E-state index contributed by atoms with van der Waals surface area (Å²) in [5, 5.41) is 10.1. The molecule has 3 aromatic rings. The Bertz CT molecular complexity index is 1310. The number of rotatable bonds is 6. The lowest BCUT2D eigenvalue weighted by molar-refractivity contribution is -0.121. The van der Waals surface area contributed by atoms with Crippen LogP contribution in [0.15, 0.2) is 61.3 Å². The molecule has 1 N–H and O–H groups in total. The summed E-state index contributed by atoms with van der Waals surface area (Å²) in [4.78, 5) is 12.6. The number of hydrogen-bond donors (Lipinski definition) is 1. The lowest BCUT2D eigenvalue weighted by Gasteiger charge is -2.30. The smallest absolute Gasteiger partial charge is 0.322 e. The van der Waals surface area contributed by atoms with Crippen LogP contribution < -0.4 is 5.32 Å². The maximum atomic E-state index is 12.9. The van der Waals surface area contributed by atoms with Crippen LogP contribution in [0.2, 0.25) is 0 Å². The number of anilines is 1. The van der Waals surface area contributed by atoms with Gasteiger partial charge >= 0.3 is 6.01 Å². The Morgan fingerprint density at radius 1 is 1.03 bits per heavy atom. The van der Waals surface area contributed by atoms with E-state index < -0.39 is 25.8 Å². The van der Waals surface area contributed by atoms with Gasteiger partial charge in [0.25, 0.3) is 5.89 Å². The van der Waals surface area contributed by atoms with Gasteiger partial charge in [-0.05, 0) is 49.2 Å². The molecule has 1 aliphatic rings. The number of carbonyl (C=O) groups excluding carboxylic acids is 1. The van der Waals surface area contributed by atoms with Crippen LogP contribution in [0.3, 0.4) is 0 Å². The van der Waals surface area contributed by atoms with E-state index in [0.717, 1.165) is 6.26 Å². The van der Waals surface area contributed by atoms with Gasteiger partial charge in [0.05, 0.1) is 16.1 Å². The number of aromatic nitrogens is 2. The van der Waals surface area contributed by atoms with E-state index in [1.807, 2.05) is 0 Å². The minimum absolute atomic E-state index is 0.00381. The van der Waals surface area contributed by atoms with Gasteiger partial charge in [0.1, 0.15) is 0 Å². The highest BCUT2D eigenvalue weighted by Crippen LogP contribution is 2.26. The van der Waals surface area contributed by atoms with Gasteiger partial charge in [-0.1, -0.05) is 5.10 Å². The fourth-order valence-electron chi connectivity index (χ4n) is 3.35. The SMILES string of the molecule is CS(=O)(=O)c1ccc(S(=O)(=O)N2CCC(C(=O)Nc3nnc(-c4ccco4)o3)CC2)cc1. The average molecular weight is 481 g/mol. The zero-order valence-corrected chi connectivity index (χ0v) is 18.6. The number of nitrogens with one attached hydrogen (secondary N) is 1. The zero-order chi connectivity index (χ0) is 22.9. The van der Waals surface area contributed by atoms with Crippen molar-refractivity contribution in [3.63, 3.8) is 0 Å². The number of nitrogens with zero attached hydrogens (tertiary/aromatic N) is 3. The number of sulfonamides is 1. The van der Waals surface area contributed by atoms with Gasteiger partial charge in [-0.3, -0.25) is 10.1 Å². The van der Waals surface area contributed by atoms with Crippen LogP contribution in [-0.2, 0) is 24.7 Å². The van der Waals surface area contributed by atoms with Gasteiger partial charge in [-0.25, -0.2) is 16.8 Å². The first-order valence-electron chi connectivity index (χ1n) is 9.63. The van der Waals surface area contributed by atoms with Crippen molar-refractivity contribution in [2.45, 2.75) is 22.6 Å². The van der Waals surface area contributed by atoms with Gasteiger partial charge in [-0.15, -0.1) is 5.10 Å². The summed E-state index contributed by atoms with van der Waals surface area (Å²) in [7, 11) is -7.22. The highest BCUT2D eigenvalue weighted by molar-refractivity contribution is 7.90. The Labute approximate surface area is 184 Å². The second-order valence-corrected chi connectivity index (χ2v) is 11.3. The fourth-order valence-corrected chi connectivity index (χ4v) is 5.45. The largest absolute Gasteiger partial charge is 0.459 e. The number of piperidine rings is 1. The highest BCUT2D eigenvalue weighted by atomic mass is 32.2. The van der Waals surface area contributed by atoms with E-state index in [-0.39, 0.29) is 40.7 Å². The van der Waals surface area contributed by atoms with E-state index in [4.69, 9.17) is 8.83 Å². The third-order valence-corrected chi connectivity index (χ3v) is 8.14. The van der Waals surface area contributed by atoms with Crippen molar-refractivity contribution in [2.75, 3.05) is 24.7 Å². The molecule has 2 aromatic heterocycles. The van der Waals surface area contributed by atoms with Crippen molar-refractivity contribution in [1.29, 1.82) is 0 Å². The summed E-state index contributed by atoms with van der Waals surface area (Å²) in [6.45, 7) is 0.297. The first-order chi connectivity index (χ1) is 15.1. The van der Waals surface area contributed by atoms with Crippen molar-refractivity contribution in [3.8, 4) is 11.7 Å². The second-order valence-electron chi connectivity index (χ2n) is 7.30. The first kappa shape index (κ1) is 22.2. The summed E-state index contributed by atoms with van der Waals surface area (Å²) in [6, 6.07) is 8.33. The van der Waals surface area contributed by atoms with Crippen molar-refractivity contribution in [2.24, 2.45) is 5.92 Å². The molecule has 0 aliphatic carbocycles. The van der Waals surface area contributed by atoms with E-state index in [0.29, 0.717) is 18.6 Å². The molecule has 1 saturated heterocycles. The fraction of sp³-hybridized carbons (Fsp3) is 0.316. The minimum atomic E-state index is -3.80. The molecule has 32 heavy (non-hydrogen) atoms. The molecule has 3 heterocycles. The summed E-state index contributed by atoms with van der Waals surface area (Å²) in [5.41, 5.74) is 0. The van der Waals surface area contributed by atoms with Crippen molar-refractivity contribution in [1.82, 2.24) is 14.5 Å². The molecule has 0 bridgehead atoms. The number of amides is 1. The second kappa shape index (κ2) is 8.48. The topological polar surface area (TPSA) is 153 Å². The Hall–Kier alpha value is -3.03. The summed E-state index contributed by atoms with van der Waals surface area (Å²) in [6.07, 6.45) is 3.13. The Kier molecular flexibility index (Phi) is 5.88. The lowest BCUT2D eigenvalue weighted by atomic mass is 9.97. The predicted octanol–water partition coefficient (Wildman–Crippen LogP) is 1.77. The maximum absolute atomic E-state index is 12.9. The first-order valence-corrected chi connectivity index (χ1v) is 13.0. The molecular formula is C19H20N4O7S2.